The highest BCUT2D eigenvalue weighted by Crippen LogP contribution is 2.33. The topological polar surface area (TPSA) is 96.0 Å². The summed E-state index contributed by atoms with van der Waals surface area (Å²) in [6.45, 7) is 9.66. The second kappa shape index (κ2) is 15.1. The standard InChI is InChI=1S/C32H40ClN3O5S/c1-6-28(32(38)34-20-23(3)4)35(21-25-12-8-9-13-27(25)33)31(37)22-36(29-14-10-11-15-30(29)41-7-2)42(39,40)26-18-16-24(5)17-19-26/h8-19,23,28H,6-7,20-22H2,1-5H3,(H,34,38). The number of carbonyl (C=O) groups is 2. The zero-order valence-corrected chi connectivity index (χ0v) is 26.4. The van der Waals surface area contributed by atoms with E-state index in [2.05, 4.69) is 5.32 Å². The molecule has 8 nitrogen and oxygen atoms in total. The lowest BCUT2D eigenvalue weighted by Crippen LogP contribution is -2.52. The maximum atomic E-state index is 14.2. The minimum atomic E-state index is -4.22. The van der Waals surface area contributed by atoms with Crippen LogP contribution in [0.15, 0.2) is 77.7 Å². The molecule has 0 fully saturated rings. The summed E-state index contributed by atoms with van der Waals surface area (Å²) < 4.78 is 35.1. The normalized spacial score (nSPS) is 12.1. The van der Waals surface area contributed by atoms with Gasteiger partial charge in [0.05, 0.1) is 17.2 Å². The van der Waals surface area contributed by atoms with Crippen molar-refractivity contribution < 1.29 is 22.7 Å². The van der Waals surface area contributed by atoms with E-state index in [0.717, 1.165) is 9.87 Å². The first-order chi connectivity index (χ1) is 20.0. The molecule has 0 aliphatic carbocycles. The second-order valence-electron chi connectivity index (χ2n) is 10.4. The molecule has 2 amide bonds. The quantitative estimate of drug-likeness (QED) is 0.247. The predicted octanol–water partition coefficient (Wildman–Crippen LogP) is 5.82. The molecule has 0 aromatic heterocycles. The molecule has 1 atom stereocenters. The number of amides is 2. The number of nitrogens with zero attached hydrogens (tertiary/aromatic N) is 2. The van der Waals surface area contributed by atoms with Crippen LogP contribution in [0.3, 0.4) is 0 Å². The first-order valence-corrected chi connectivity index (χ1v) is 15.9. The molecule has 0 saturated carbocycles. The Morgan fingerprint density at radius 2 is 1.60 bits per heavy atom. The van der Waals surface area contributed by atoms with Crippen LogP contribution in [0.4, 0.5) is 5.69 Å². The van der Waals surface area contributed by atoms with Crippen molar-refractivity contribution in [1.29, 1.82) is 0 Å². The van der Waals surface area contributed by atoms with E-state index >= 15 is 0 Å². The number of benzene rings is 3. The van der Waals surface area contributed by atoms with Crippen molar-refractivity contribution in [3.63, 3.8) is 0 Å². The average Bonchev–Trinajstić information content (AvgIpc) is 2.96. The zero-order valence-electron chi connectivity index (χ0n) is 24.8. The number of hydrogen-bond donors (Lipinski definition) is 1. The number of hydrogen-bond acceptors (Lipinski definition) is 5. The van der Waals surface area contributed by atoms with Crippen LogP contribution in [0.5, 0.6) is 5.75 Å². The van der Waals surface area contributed by atoms with Gasteiger partial charge in [0.2, 0.25) is 11.8 Å². The number of halogens is 1. The first-order valence-electron chi connectivity index (χ1n) is 14.1. The molecule has 0 spiro atoms. The molecule has 10 heteroatoms. The van der Waals surface area contributed by atoms with Crippen molar-refractivity contribution in [2.75, 3.05) is 24.0 Å². The lowest BCUT2D eigenvalue weighted by Gasteiger charge is -2.33. The van der Waals surface area contributed by atoms with E-state index in [0.29, 0.717) is 35.9 Å². The van der Waals surface area contributed by atoms with E-state index in [4.69, 9.17) is 16.3 Å². The van der Waals surface area contributed by atoms with Gasteiger partial charge < -0.3 is 15.0 Å². The fourth-order valence-electron chi connectivity index (χ4n) is 4.44. The van der Waals surface area contributed by atoms with Gasteiger partial charge in [0.1, 0.15) is 18.3 Å². The molecule has 1 N–H and O–H groups in total. The van der Waals surface area contributed by atoms with Crippen LogP contribution in [0.2, 0.25) is 5.02 Å². The van der Waals surface area contributed by atoms with Gasteiger partial charge in [0.15, 0.2) is 0 Å². The van der Waals surface area contributed by atoms with Crippen LogP contribution in [-0.2, 0) is 26.2 Å². The fourth-order valence-corrected chi connectivity index (χ4v) is 6.06. The number of rotatable bonds is 14. The molecule has 3 aromatic carbocycles. The highest BCUT2D eigenvalue weighted by Gasteiger charge is 2.35. The van der Waals surface area contributed by atoms with Gasteiger partial charge in [-0.3, -0.25) is 13.9 Å². The van der Waals surface area contributed by atoms with Crippen molar-refractivity contribution in [1.82, 2.24) is 10.2 Å². The summed E-state index contributed by atoms with van der Waals surface area (Å²) >= 11 is 6.46. The predicted molar refractivity (Wildman–Crippen MR) is 167 cm³/mol. The van der Waals surface area contributed by atoms with Gasteiger partial charge in [-0.15, -0.1) is 0 Å². The Balaban J connectivity index is 2.11. The van der Waals surface area contributed by atoms with Crippen molar-refractivity contribution in [2.24, 2.45) is 5.92 Å². The third-order valence-corrected chi connectivity index (χ3v) is 8.83. The molecule has 42 heavy (non-hydrogen) atoms. The molecular weight excluding hydrogens is 574 g/mol. The van der Waals surface area contributed by atoms with E-state index in [9.17, 15) is 18.0 Å². The monoisotopic (exact) mass is 613 g/mol. The maximum Gasteiger partial charge on any atom is 0.264 e. The molecule has 1 unspecified atom stereocenters. The van der Waals surface area contributed by atoms with Crippen molar-refractivity contribution in [3.8, 4) is 5.75 Å². The lowest BCUT2D eigenvalue weighted by molar-refractivity contribution is -0.140. The Morgan fingerprint density at radius 1 is 0.952 bits per heavy atom. The molecule has 3 rings (SSSR count). The molecule has 226 valence electrons. The maximum absolute atomic E-state index is 14.2. The van der Waals surface area contributed by atoms with E-state index in [1.807, 2.05) is 27.7 Å². The number of aryl methyl sites for hydroxylation is 1. The van der Waals surface area contributed by atoms with Crippen molar-refractivity contribution in [3.05, 3.63) is 88.9 Å². The largest absolute Gasteiger partial charge is 0.492 e. The molecule has 0 saturated heterocycles. The molecule has 0 aliphatic heterocycles. The number of ether oxygens (including phenoxy) is 1. The van der Waals surface area contributed by atoms with Gasteiger partial charge in [-0.25, -0.2) is 8.42 Å². The molecular formula is C32H40ClN3O5S. The van der Waals surface area contributed by atoms with Crippen LogP contribution in [0, 0.1) is 12.8 Å². The van der Waals surface area contributed by atoms with E-state index in [1.54, 1.807) is 67.6 Å². The SMILES string of the molecule is CCOc1ccccc1N(CC(=O)N(Cc1ccccc1Cl)C(CC)C(=O)NCC(C)C)S(=O)(=O)c1ccc(C)cc1. The first kappa shape index (κ1) is 32.9. The van der Waals surface area contributed by atoms with Gasteiger partial charge in [-0.1, -0.05) is 80.4 Å². The summed E-state index contributed by atoms with van der Waals surface area (Å²) in [5.74, 6) is -0.329. The van der Waals surface area contributed by atoms with E-state index in [-0.39, 0.29) is 29.0 Å². The number of carbonyl (C=O) groups excluding carboxylic acids is 2. The van der Waals surface area contributed by atoms with Crippen LogP contribution in [-0.4, -0.2) is 50.9 Å². The number of para-hydroxylation sites is 2. The molecule has 0 heterocycles. The molecule has 0 aliphatic rings. The highest BCUT2D eigenvalue weighted by atomic mass is 35.5. The Morgan fingerprint density at radius 3 is 2.21 bits per heavy atom. The summed E-state index contributed by atoms with van der Waals surface area (Å²) in [4.78, 5) is 29.0. The third kappa shape index (κ3) is 8.26. The molecule has 0 radical (unpaired) electrons. The average molecular weight is 614 g/mol. The molecule has 0 bridgehead atoms. The van der Waals surface area contributed by atoms with Crippen LogP contribution in [0.25, 0.3) is 0 Å². The summed E-state index contributed by atoms with van der Waals surface area (Å²) in [5, 5.41) is 3.37. The summed E-state index contributed by atoms with van der Waals surface area (Å²) in [6.07, 6.45) is 0.320. The highest BCUT2D eigenvalue weighted by molar-refractivity contribution is 7.92. The van der Waals surface area contributed by atoms with Gasteiger partial charge in [-0.2, -0.15) is 0 Å². The van der Waals surface area contributed by atoms with Gasteiger partial charge in [0.25, 0.3) is 10.0 Å². The van der Waals surface area contributed by atoms with Crippen LogP contribution >= 0.6 is 11.6 Å². The Labute approximate surface area is 254 Å². The van der Waals surface area contributed by atoms with Crippen molar-refractivity contribution in [2.45, 2.75) is 58.5 Å². The van der Waals surface area contributed by atoms with E-state index < -0.39 is 28.5 Å². The number of nitrogens with one attached hydrogen (secondary N) is 1. The van der Waals surface area contributed by atoms with E-state index in [1.165, 1.54) is 17.0 Å². The van der Waals surface area contributed by atoms with Crippen LogP contribution in [0.1, 0.15) is 45.2 Å². The zero-order chi connectivity index (χ0) is 30.9. The smallest absolute Gasteiger partial charge is 0.264 e. The minimum Gasteiger partial charge on any atom is -0.492 e. The Kier molecular flexibility index (Phi) is 11.8. The Bertz CT molecular complexity index is 1460. The summed E-state index contributed by atoms with van der Waals surface area (Å²) in [5.41, 5.74) is 1.77. The van der Waals surface area contributed by atoms with Gasteiger partial charge in [-0.05, 0) is 62.1 Å². The number of anilines is 1. The second-order valence-corrected chi connectivity index (χ2v) is 12.7. The Hall–Kier alpha value is -3.56. The summed E-state index contributed by atoms with van der Waals surface area (Å²) in [6, 6.07) is 19.4. The summed E-state index contributed by atoms with van der Waals surface area (Å²) in [7, 11) is -4.22. The van der Waals surface area contributed by atoms with Gasteiger partial charge >= 0.3 is 0 Å². The molecule has 3 aromatic rings. The van der Waals surface area contributed by atoms with Crippen molar-refractivity contribution >= 4 is 39.1 Å². The fraction of sp³-hybridized carbons (Fsp3) is 0.375. The van der Waals surface area contributed by atoms with Gasteiger partial charge in [0, 0.05) is 18.1 Å². The minimum absolute atomic E-state index is 0.0254. The number of sulfonamides is 1. The van der Waals surface area contributed by atoms with Crippen LogP contribution < -0.4 is 14.4 Å². The lowest BCUT2D eigenvalue weighted by atomic mass is 10.1. The third-order valence-electron chi connectivity index (χ3n) is 6.69.